The van der Waals surface area contributed by atoms with Crippen molar-refractivity contribution in [2.24, 2.45) is 0 Å². The van der Waals surface area contributed by atoms with Crippen molar-refractivity contribution in [3.63, 3.8) is 0 Å². The van der Waals surface area contributed by atoms with Crippen LogP contribution in [-0.2, 0) is 6.18 Å². The minimum atomic E-state index is -4.59. The van der Waals surface area contributed by atoms with Crippen LogP contribution in [0.1, 0.15) is 21.5 Å². The van der Waals surface area contributed by atoms with Crippen LogP contribution in [0.25, 0.3) is 0 Å². The minimum absolute atomic E-state index is 0.0254. The second-order valence-corrected chi connectivity index (χ2v) is 3.43. The third-order valence-electron chi connectivity index (χ3n) is 2.01. The lowest BCUT2D eigenvalue weighted by Crippen LogP contribution is -2.08. The fourth-order valence-electron chi connectivity index (χ4n) is 1.22. The molecule has 0 amide bonds. The molecule has 0 heterocycles. The summed E-state index contributed by atoms with van der Waals surface area (Å²) in [7, 11) is 1.64. The molecule has 0 aliphatic carbocycles. The highest BCUT2D eigenvalue weighted by Crippen LogP contribution is 2.30. The number of benzene rings is 1. The van der Waals surface area contributed by atoms with Crippen LogP contribution in [-0.4, -0.2) is 24.7 Å². The number of alkyl halides is 3. The Morgan fingerprint density at radius 1 is 1.39 bits per heavy atom. The number of aromatic carboxylic acids is 1. The minimum Gasteiger partial charge on any atom is -0.478 e. The lowest BCUT2D eigenvalue weighted by atomic mass is 10.1. The molecule has 0 aliphatic heterocycles. The molecule has 1 aromatic rings. The zero-order valence-corrected chi connectivity index (χ0v) is 9.43. The summed E-state index contributed by atoms with van der Waals surface area (Å²) in [6, 6.07) is 2.53. The first-order valence-electron chi connectivity index (χ1n) is 4.93. The predicted molar refractivity (Wildman–Crippen MR) is 59.2 cm³/mol. The summed E-state index contributed by atoms with van der Waals surface area (Å²) in [4.78, 5) is 10.7. The monoisotopic (exact) mass is 257 g/mol. The van der Waals surface area contributed by atoms with Gasteiger partial charge in [0.1, 0.15) is 0 Å². The molecule has 0 saturated carbocycles. The number of hydrogen-bond acceptors (Lipinski definition) is 2. The average Bonchev–Trinajstić information content (AvgIpc) is 2.28. The molecule has 3 nitrogen and oxygen atoms in total. The second kappa shape index (κ2) is 5.56. The van der Waals surface area contributed by atoms with Gasteiger partial charge in [0.2, 0.25) is 0 Å². The van der Waals surface area contributed by atoms with Gasteiger partial charge in [0.05, 0.1) is 17.7 Å². The van der Waals surface area contributed by atoms with E-state index in [-0.39, 0.29) is 5.56 Å². The average molecular weight is 257 g/mol. The quantitative estimate of drug-likeness (QED) is 0.796. The maximum Gasteiger partial charge on any atom is 0.416 e. The molecule has 0 fully saturated rings. The normalized spacial score (nSPS) is 10.7. The maximum atomic E-state index is 12.5. The van der Waals surface area contributed by atoms with Gasteiger partial charge in [-0.05, 0) is 25.2 Å². The Morgan fingerprint density at radius 3 is 2.56 bits per heavy atom. The fourth-order valence-corrected chi connectivity index (χ4v) is 1.22. The van der Waals surface area contributed by atoms with Crippen molar-refractivity contribution in [2.45, 2.75) is 6.18 Å². The molecular weight excluding hydrogens is 247 g/mol. The summed E-state index contributed by atoms with van der Waals surface area (Å²) < 4.78 is 37.6. The molecule has 18 heavy (non-hydrogen) atoms. The molecule has 0 unspecified atom stereocenters. The predicted octanol–water partition coefficient (Wildman–Crippen LogP) is 1.97. The summed E-state index contributed by atoms with van der Waals surface area (Å²) in [5, 5.41) is 11.5. The summed E-state index contributed by atoms with van der Waals surface area (Å²) in [5.74, 6) is 3.63. The Bertz CT molecular complexity index is 512. The zero-order chi connectivity index (χ0) is 13.8. The van der Waals surface area contributed by atoms with E-state index in [0.29, 0.717) is 12.6 Å². The largest absolute Gasteiger partial charge is 0.478 e. The number of halogens is 3. The molecule has 0 aromatic heterocycles. The highest BCUT2D eigenvalue weighted by atomic mass is 19.4. The van der Waals surface area contributed by atoms with Crippen molar-refractivity contribution in [1.29, 1.82) is 0 Å². The standard InChI is InChI=1S/C12H10F3NO2/c1-16-4-2-3-8-5-9(11(17)18)7-10(6-8)12(13,14)15/h5-7,16H,4H2,1H3,(H,17,18). The third-order valence-corrected chi connectivity index (χ3v) is 2.01. The number of carboxylic acids is 1. The molecule has 0 atom stereocenters. The van der Waals surface area contributed by atoms with Gasteiger partial charge in [0.25, 0.3) is 0 Å². The van der Waals surface area contributed by atoms with Gasteiger partial charge in [0, 0.05) is 5.56 Å². The highest BCUT2D eigenvalue weighted by molar-refractivity contribution is 5.88. The van der Waals surface area contributed by atoms with Crippen LogP contribution in [0.15, 0.2) is 18.2 Å². The van der Waals surface area contributed by atoms with E-state index in [4.69, 9.17) is 5.11 Å². The van der Waals surface area contributed by atoms with E-state index in [2.05, 4.69) is 17.2 Å². The Balaban J connectivity index is 3.24. The van der Waals surface area contributed by atoms with E-state index in [0.717, 1.165) is 12.1 Å². The van der Waals surface area contributed by atoms with Crippen LogP contribution in [0.2, 0.25) is 0 Å². The molecule has 2 N–H and O–H groups in total. The van der Waals surface area contributed by atoms with Gasteiger partial charge in [-0.15, -0.1) is 0 Å². The number of rotatable bonds is 2. The summed E-state index contributed by atoms with van der Waals surface area (Å²) in [6.45, 7) is 0.304. The number of nitrogens with one attached hydrogen (secondary N) is 1. The third kappa shape index (κ3) is 3.79. The van der Waals surface area contributed by atoms with Crippen LogP contribution >= 0.6 is 0 Å². The van der Waals surface area contributed by atoms with E-state index in [1.54, 1.807) is 7.05 Å². The molecule has 0 aliphatic rings. The van der Waals surface area contributed by atoms with Gasteiger partial charge in [-0.3, -0.25) is 0 Å². The van der Waals surface area contributed by atoms with Crippen LogP contribution in [0.5, 0.6) is 0 Å². The smallest absolute Gasteiger partial charge is 0.416 e. The fraction of sp³-hybridized carbons (Fsp3) is 0.250. The van der Waals surface area contributed by atoms with Gasteiger partial charge < -0.3 is 10.4 Å². The lowest BCUT2D eigenvalue weighted by Gasteiger charge is -2.08. The highest BCUT2D eigenvalue weighted by Gasteiger charge is 2.31. The van der Waals surface area contributed by atoms with Crippen molar-refractivity contribution in [1.82, 2.24) is 5.32 Å². The molecule has 1 rings (SSSR count). The van der Waals surface area contributed by atoms with Crippen LogP contribution in [0.4, 0.5) is 13.2 Å². The molecule has 6 heteroatoms. The molecular formula is C12H10F3NO2. The molecule has 1 aromatic carbocycles. The molecule has 0 radical (unpaired) electrons. The first-order valence-corrected chi connectivity index (χ1v) is 4.93. The van der Waals surface area contributed by atoms with Crippen molar-refractivity contribution >= 4 is 5.97 Å². The maximum absolute atomic E-state index is 12.5. The van der Waals surface area contributed by atoms with Crippen molar-refractivity contribution < 1.29 is 23.1 Å². The van der Waals surface area contributed by atoms with Gasteiger partial charge in [-0.2, -0.15) is 13.2 Å². The van der Waals surface area contributed by atoms with E-state index in [9.17, 15) is 18.0 Å². The van der Waals surface area contributed by atoms with E-state index in [1.165, 1.54) is 0 Å². The van der Waals surface area contributed by atoms with Crippen LogP contribution < -0.4 is 5.32 Å². The van der Waals surface area contributed by atoms with E-state index in [1.807, 2.05) is 0 Å². The number of carboxylic acid groups (broad SMARTS) is 1. The summed E-state index contributed by atoms with van der Waals surface area (Å²) >= 11 is 0. The van der Waals surface area contributed by atoms with Crippen LogP contribution in [0, 0.1) is 11.8 Å². The Morgan fingerprint density at radius 2 is 2.06 bits per heavy atom. The molecule has 96 valence electrons. The van der Waals surface area contributed by atoms with Gasteiger partial charge in [0.15, 0.2) is 0 Å². The zero-order valence-electron chi connectivity index (χ0n) is 9.43. The molecule has 0 saturated heterocycles. The Kier molecular flexibility index (Phi) is 4.34. The molecule has 0 spiro atoms. The Labute approximate surface area is 102 Å². The van der Waals surface area contributed by atoms with E-state index >= 15 is 0 Å². The van der Waals surface area contributed by atoms with Crippen molar-refractivity contribution in [3.8, 4) is 11.8 Å². The number of carbonyl (C=O) groups is 1. The SMILES string of the molecule is CNCC#Cc1cc(C(=O)O)cc(C(F)(F)F)c1. The van der Waals surface area contributed by atoms with Gasteiger partial charge in [-0.1, -0.05) is 11.8 Å². The molecule has 0 bridgehead atoms. The summed E-state index contributed by atoms with van der Waals surface area (Å²) in [5.41, 5.74) is -1.42. The van der Waals surface area contributed by atoms with Crippen LogP contribution in [0.3, 0.4) is 0 Å². The van der Waals surface area contributed by atoms with Gasteiger partial charge in [-0.25, -0.2) is 4.79 Å². The summed E-state index contributed by atoms with van der Waals surface area (Å²) in [6.07, 6.45) is -4.59. The second-order valence-electron chi connectivity index (χ2n) is 3.43. The van der Waals surface area contributed by atoms with Gasteiger partial charge >= 0.3 is 12.1 Å². The Hall–Kier alpha value is -2.00. The van der Waals surface area contributed by atoms with Crippen molar-refractivity contribution in [2.75, 3.05) is 13.6 Å². The first kappa shape index (κ1) is 14.1. The van der Waals surface area contributed by atoms with Crippen molar-refractivity contribution in [3.05, 3.63) is 34.9 Å². The lowest BCUT2D eigenvalue weighted by molar-refractivity contribution is -0.137. The topological polar surface area (TPSA) is 49.3 Å². The van der Waals surface area contributed by atoms with E-state index < -0.39 is 23.3 Å². The first-order chi connectivity index (χ1) is 8.34. The number of hydrogen-bond donors (Lipinski definition) is 2.